The molecule has 2 aromatic carbocycles. The summed E-state index contributed by atoms with van der Waals surface area (Å²) in [4.78, 5) is 13.7. The lowest BCUT2D eigenvalue weighted by Gasteiger charge is -2.42. The molecule has 180 valence electrons. The van der Waals surface area contributed by atoms with Crippen molar-refractivity contribution < 1.29 is 40.2 Å². The Hall–Kier alpha value is -2.44. The van der Waals surface area contributed by atoms with Gasteiger partial charge in [0.25, 0.3) is 5.91 Å². The van der Waals surface area contributed by atoms with Gasteiger partial charge in [0.05, 0.1) is 27.9 Å². The van der Waals surface area contributed by atoms with Crippen LogP contribution in [0, 0.1) is 5.82 Å². The molecular formula is C19H16Cl2F4N2O5S. The van der Waals surface area contributed by atoms with Crippen molar-refractivity contribution in [2.45, 2.75) is 18.8 Å². The van der Waals surface area contributed by atoms with E-state index in [2.05, 4.69) is 4.74 Å². The van der Waals surface area contributed by atoms with Gasteiger partial charge in [0.1, 0.15) is 23.9 Å². The summed E-state index contributed by atoms with van der Waals surface area (Å²) in [5.74, 6) is -2.80. The third-order valence-corrected chi connectivity index (χ3v) is 5.74. The Kier molecular flexibility index (Phi) is 7.20. The van der Waals surface area contributed by atoms with E-state index in [9.17, 15) is 30.8 Å². The number of sulfonamides is 1. The van der Waals surface area contributed by atoms with Gasteiger partial charge in [-0.3, -0.25) is 4.79 Å². The number of halogens is 6. The fraction of sp³-hybridized carbons (Fsp3) is 0.316. The molecule has 0 bridgehead atoms. The third kappa shape index (κ3) is 6.55. The number of ether oxygens (including phenoxy) is 2. The van der Waals surface area contributed by atoms with E-state index in [0.717, 1.165) is 24.5 Å². The number of benzene rings is 2. The molecule has 1 N–H and O–H groups in total. The molecule has 0 spiro atoms. The second-order valence-electron chi connectivity index (χ2n) is 7.08. The van der Waals surface area contributed by atoms with Gasteiger partial charge >= 0.3 is 6.36 Å². The van der Waals surface area contributed by atoms with E-state index in [1.54, 1.807) is 4.72 Å². The van der Waals surface area contributed by atoms with E-state index in [-0.39, 0.29) is 28.4 Å². The number of alkyl halides is 3. The lowest BCUT2D eigenvalue weighted by atomic mass is 10.0. The number of anilines is 1. The van der Waals surface area contributed by atoms with Crippen LogP contribution in [0.2, 0.25) is 10.0 Å². The Morgan fingerprint density at radius 1 is 1.18 bits per heavy atom. The standard InChI is InChI=1S/C19H16Cl2F4N2O5S/c1-33(29,30)26-18(28)12-7-14(21)17(8-15(12)22)31-9-11-4-5-27(11)10-2-3-16(13(20)6-10)32-19(23,24)25/h2-3,6-8,11H,4-5,9H2,1H3,(H,26,28). The van der Waals surface area contributed by atoms with Crippen LogP contribution in [-0.2, 0) is 10.0 Å². The van der Waals surface area contributed by atoms with Gasteiger partial charge in [0.2, 0.25) is 10.0 Å². The number of nitrogens with zero attached hydrogens (tertiary/aromatic N) is 1. The minimum absolute atomic E-state index is 0.0481. The number of carbonyl (C=O) groups excluding carboxylic acids is 1. The van der Waals surface area contributed by atoms with E-state index in [0.29, 0.717) is 18.7 Å². The Morgan fingerprint density at radius 2 is 1.85 bits per heavy atom. The number of hydrogen-bond acceptors (Lipinski definition) is 6. The zero-order valence-electron chi connectivity index (χ0n) is 16.7. The lowest BCUT2D eigenvalue weighted by Crippen LogP contribution is -2.51. The predicted octanol–water partition coefficient (Wildman–Crippen LogP) is 4.38. The van der Waals surface area contributed by atoms with Crippen LogP contribution in [0.5, 0.6) is 11.5 Å². The second kappa shape index (κ2) is 9.43. The first-order valence-electron chi connectivity index (χ1n) is 9.19. The molecule has 1 aliphatic heterocycles. The number of hydrogen-bond donors (Lipinski definition) is 1. The summed E-state index contributed by atoms with van der Waals surface area (Å²) >= 11 is 11.9. The van der Waals surface area contributed by atoms with Crippen molar-refractivity contribution in [1.29, 1.82) is 0 Å². The predicted molar refractivity (Wildman–Crippen MR) is 113 cm³/mol. The van der Waals surface area contributed by atoms with Gasteiger partial charge in [0, 0.05) is 18.3 Å². The summed E-state index contributed by atoms with van der Waals surface area (Å²) in [6.07, 6.45) is -3.45. The largest absolute Gasteiger partial charge is 0.573 e. The fourth-order valence-electron chi connectivity index (χ4n) is 3.05. The number of carbonyl (C=O) groups is 1. The van der Waals surface area contributed by atoms with Crippen LogP contribution in [0.1, 0.15) is 16.8 Å². The van der Waals surface area contributed by atoms with Gasteiger partial charge in [-0.2, -0.15) is 0 Å². The second-order valence-corrected chi connectivity index (χ2v) is 9.64. The molecule has 2 aromatic rings. The van der Waals surface area contributed by atoms with Crippen LogP contribution in [0.4, 0.5) is 23.2 Å². The summed E-state index contributed by atoms with van der Waals surface area (Å²) in [5.41, 5.74) is -0.0294. The van der Waals surface area contributed by atoms with Crippen molar-refractivity contribution in [2.75, 3.05) is 24.3 Å². The molecule has 0 radical (unpaired) electrons. The summed E-state index contributed by atoms with van der Waals surface area (Å²) in [5, 5.41) is -0.331. The van der Waals surface area contributed by atoms with Crippen LogP contribution in [0.15, 0.2) is 30.3 Å². The molecule has 7 nitrogen and oxygen atoms in total. The molecule has 14 heteroatoms. The SMILES string of the molecule is CS(=O)(=O)NC(=O)c1cc(Cl)c(OCC2CCN2c2ccc(OC(F)(F)F)c(Cl)c2)cc1F. The number of amides is 1. The van der Waals surface area contributed by atoms with Crippen LogP contribution in [-0.4, -0.2) is 46.1 Å². The summed E-state index contributed by atoms with van der Waals surface area (Å²) in [6, 6.07) is 5.46. The van der Waals surface area contributed by atoms with Crippen LogP contribution >= 0.6 is 23.2 Å². The molecule has 0 aromatic heterocycles. The fourth-order valence-corrected chi connectivity index (χ4v) is 3.93. The minimum atomic E-state index is -4.87. The molecular weight excluding hydrogens is 515 g/mol. The number of nitrogens with one attached hydrogen (secondary N) is 1. The van der Waals surface area contributed by atoms with E-state index in [1.165, 1.54) is 12.1 Å². The average Bonchev–Trinajstić information content (AvgIpc) is 2.63. The Bertz CT molecular complexity index is 1180. The summed E-state index contributed by atoms with van der Waals surface area (Å²) < 4.78 is 84.8. The van der Waals surface area contributed by atoms with E-state index in [4.69, 9.17) is 27.9 Å². The van der Waals surface area contributed by atoms with Crippen molar-refractivity contribution in [3.63, 3.8) is 0 Å². The van der Waals surface area contributed by atoms with Crippen molar-refractivity contribution in [1.82, 2.24) is 4.72 Å². The van der Waals surface area contributed by atoms with Gasteiger partial charge in [-0.25, -0.2) is 17.5 Å². The maximum absolute atomic E-state index is 14.3. The Morgan fingerprint density at radius 3 is 2.39 bits per heavy atom. The first-order chi connectivity index (χ1) is 15.2. The van der Waals surface area contributed by atoms with Gasteiger partial charge in [0.15, 0.2) is 0 Å². The zero-order chi connectivity index (χ0) is 24.6. The number of rotatable bonds is 7. The molecule has 33 heavy (non-hydrogen) atoms. The molecule has 0 aliphatic carbocycles. The van der Waals surface area contributed by atoms with E-state index in [1.807, 2.05) is 4.90 Å². The first-order valence-corrected chi connectivity index (χ1v) is 11.8. The molecule has 1 aliphatic rings. The highest BCUT2D eigenvalue weighted by Gasteiger charge is 2.33. The van der Waals surface area contributed by atoms with Gasteiger partial charge in [-0.1, -0.05) is 23.2 Å². The monoisotopic (exact) mass is 530 g/mol. The average molecular weight is 531 g/mol. The zero-order valence-corrected chi connectivity index (χ0v) is 19.1. The molecule has 0 saturated carbocycles. The molecule has 1 heterocycles. The molecule has 1 fully saturated rings. The van der Waals surface area contributed by atoms with E-state index < -0.39 is 39.4 Å². The highest BCUT2D eigenvalue weighted by Crippen LogP contribution is 2.36. The maximum atomic E-state index is 14.3. The van der Waals surface area contributed by atoms with Crippen molar-refractivity contribution >= 4 is 44.8 Å². The van der Waals surface area contributed by atoms with Crippen molar-refractivity contribution in [3.05, 3.63) is 51.8 Å². The Labute approximate surface area is 196 Å². The summed E-state index contributed by atoms with van der Waals surface area (Å²) in [6.45, 7) is 0.628. The normalized spacial score (nSPS) is 16.2. The minimum Gasteiger partial charge on any atom is -0.490 e. The van der Waals surface area contributed by atoms with Gasteiger partial charge in [-0.15, -0.1) is 13.2 Å². The van der Waals surface area contributed by atoms with Crippen LogP contribution in [0.25, 0.3) is 0 Å². The van der Waals surface area contributed by atoms with Gasteiger partial charge < -0.3 is 14.4 Å². The highest BCUT2D eigenvalue weighted by molar-refractivity contribution is 7.89. The third-order valence-electron chi connectivity index (χ3n) is 4.59. The smallest absolute Gasteiger partial charge is 0.490 e. The van der Waals surface area contributed by atoms with E-state index >= 15 is 0 Å². The van der Waals surface area contributed by atoms with Crippen molar-refractivity contribution in [2.24, 2.45) is 0 Å². The first kappa shape index (κ1) is 25.2. The van der Waals surface area contributed by atoms with Crippen LogP contribution < -0.4 is 19.1 Å². The molecule has 1 saturated heterocycles. The lowest BCUT2D eigenvalue weighted by molar-refractivity contribution is -0.274. The molecule has 1 amide bonds. The molecule has 1 atom stereocenters. The van der Waals surface area contributed by atoms with Gasteiger partial charge in [-0.05, 0) is 30.7 Å². The Balaban J connectivity index is 1.66. The molecule has 1 unspecified atom stereocenters. The quantitative estimate of drug-likeness (QED) is 0.535. The topological polar surface area (TPSA) is 84.9 Å². The highest BCUT2D eigenvalue weighted by atomic mass is 35.5. The summed E-state index contributed by atoms with van der Waals surface area (Å²) in [7, 11) is -3.89. The maximum Gasteiger partial charge on any atom is 0.573 e. The van der Waals surface area contributed by atoms with Crippen LogP contribution in [0.3, 0.4) is 0 Å². The molecule has 3 rings (SSSR count). The van der Waals surface area contributed by atoms with Crippen molar-refractivity contribution in [3.8, 4) is 11.5 Å².